The fraction of sp³-hybridized carbons (Fsp3) is 1.00. The summed E-state index contributed by atoms with van der Waals surface area (Å²) >= 11 is 0. The molecule has 0 fully saturated rings. The van der Waals surface area contributed by atoms with Crippen LogP contribution < -0.4 is 59.1 Å². The van der Waals surface area contributed by atoms with E-state index in [4.69, 9.17) is 0 Å². The van der Waals surface area contributed by atoms with Gasteiger partial charge in [-0.2, -0.15) is 0 Å². The molecule has 7 nitrogen and oxygen atoms in total. The summed E-state index contributed by atoms with van der Waals surface area (Å²) in [6.45, 7) is 3.85. The summed E-state index contributed by atoms with van der Waals surface area (Å²) in [6, 6.07) is 0. The summed E-state index contributed by atoms with van der Waals surface area (Å²) in [4.78, 5) is 1.97. The Bertz CT molecular complexity index is 610. The van der Waals surface area contributed by atoms with Crippen molar-refractivity contribution >= 4 is 20.2 Å². The van der Waals surface area contributed by atoms with Crippen molar-refractivity contribution < 1.29 is 85.1 Å². The average Bonchev–Trinajstić information content (AvgIpc) is 2.71. The molecule has 0 aromatic carbocycles. The molecule has 35 heavy (non-hydrogen) atoms. The minimum Gasteiger partial charge on any atom is -0.748 e. The van der Waals surface area contributed by atoms with E-state index in [9.17, 15) is 25.9 Å². The van der Waals surface area contributed by atoms with Gasteiger partial charge in [-0.1, -0.05) is 103 Å². The zero-order valence-corrected chi connectivity index (χ0v) is 28.6. The summed E-state index contributed by atoms with van der Waals surface area (Å²) in [6.07, 6.45) is 21.1. The molecule has 0 aliphatic carbocycles. The molecule has 0 saturated heterocycles. The summed E-state index contributed by atoms with van der Waals surface area (Å²) in [5.74, 6) is -0.829. The van der Waals surface area contributed by atoms with Crippen LogP contribution in [0.4, 0.5) is 0 Å². The van der Waals surface area contributed by atoms with Crippen molar-refractivity contribution in [3.05, 3.63) is 0 Å². The Morgan fingerprint density at radius 1 is 0.457 bits per heavy atom. The number of hydrogen-bond acceptors (Lipinski definition) is 7. The first-order valence-corrected chi connectivity index (χ1v) is 16.4. The van der Waals surface area contributed by atoms with E-state index in [0.29, 0.717) is 13.1 Å². The third kappa shape index (κ3) is 35.8. The van der Waals surface area contributed by atoms with Crippen LogP contribution in [0.25, 0.3) is 0 Å². The Morgan fingerprint density at radius 2 is 0.714 bits per heavy atom. The molecule has 0 bridgehead atoms. The predicted octanol–water partition coefficient (Wildman–Crippen LogP) is -0.571. The topological polar surface area (TPSA) is 118 Å². The van der Waals surface area contributed by atoms with Crippen molar-refractivity contribution in [2.45, 2.75) is 122 Å². The molecule has 0 aliphatic rings. The van der Waals surface area contributed by atoms with Crippen LogP contribution in [-0.2, 0) is 20.2 Å². The summed E-state index contributed by atoms with van der Waals surface area (Å²) in [5, 5.41) is 0. The van der Waals surface area contributed by atoms with Gasteiger partial charge in [-0.15, -0.1) is 0 Å². The van der Waals surface area contributed by atoms with Gasteiger partial charge in [-0.3, -0.25) is 0 Å². The summed E-state index contributed by atoms with van der Waals surface area (Å²) in [7, 11) is -8.48. The predicted molar refractivity (Wildman–Crippen MR) is 134 cm³/mol. The van der Waals surface area contributed by atoms with Gasteiger partial charge in [0.25, 0.3) is 0 Å². The van der Waals surface area contributed by atoms with Gasteiger partial charge in [-0.05, 0) is 38.9 Å². The van der Waals surface area contributed by atoms with Crippen molar-refractivity contribution in [3.8, 4) is 0 Å². The van der Waals surface area contributed by atoms with E-state index in [0.717, 1.165) is 25.8 Å². The summed E-state index contributed by atoms with van der Waals surface area (Å²) < 4.78 is 64.7. The van der Waals surface area contributed by atoms with E-state index in [-0.39, 0.29) is 72.0 Å². The molecular weight excluding hydrogens is 508 g/mol. The maximum absolute atomic E-state index is 10.8. The largest absolute Gasteiger partial charge is 1.00 e. The maximum atomic E-state index is 10.8. The standard InChI is InChI=1S/C24H51NO6S2.2Na/c1-2-3-4-5-6-7-8-9-10-11-12-13-14-15-16-17-20-25(21-18-23-32(26,27)28)22-19-24-33(29,30)31;;/h2-24H2,1H3,(H,26,27,28)(H,29,30,31);;/q;2*+1/p-2. The van der Waals surface area contributed by atoms with Gasteiger partial charge >= 0.3 is 59.1 Å². The third-order valence-electron chi connectivity index (χ3n) is 6.07. The second-order valence-electron chi connectivity index (χ2n) is 9.38. The van der Waals surface area contributed by atoms with E-state index in [2.05, 4.69) is 6.92 Å². The Labute approximate surface area is 261 Å². The summed E-state index contributed by atoms with van der Waals surface area (Å²) in [5.41, 5.74) is 0. The molecule has 0 atom stereocenters. The second kappa shape index (κ2) is 27.4. The van der Waals surface area contributed by atoms with Crippen LogP contribution in [0.15, 0.2) is 0 Å². The van der Waals surface area contributed by atoms with E-state index in [1.165, 1.54) is 83.5 Å². The molecule has 0 N–H and O–H groups in total. The van der Waals surface area contributed by atoms with Gasteiger partial charge < -0.3 is 14.0 Å². The van der Waals surface area contributed by atoms with Crippen molar-refractivity contribution in [3.63, 3.8) is 0 Å². The van der Waals surface area contributed by atoms with Crippen LogP contribution in [-0.4, -0.2) is 62.0 Å². The van der Waals surface area contributed by atoms with Crippen LogP contribution >= 0.6 is 0 Å². The zero-order valence-electron chi connectivity index (χ0n) is 23.0. The quantitative estimate of drug-likeness (QED) is 0.0838. The van der Waals surface area contributed by atoms with Gasteiger partial charge in [0.1, 0.15) is 0 Å². The molecule has 0 saturated carbocycles. The van der Waals surface area contributed by atoms with Crippen LogP contribution in [0.3, 0.4) is 0 Å². The average molecular weight is 558 g/mol. The molecule has 0 heterocycles. The third-order valence-corrected chi connectivity index (χ3v) is 7.64. The van der Waals surface area contributed by atoms with Crippen molar-refractivity contribution in [1.82, 2.24) is 4.90 Å². The molecule has 0 aliphatic heterocycles. The molecular formula is C24H49NNa2O6S2. The first-order valence-electron chi connectivity index (χ1n) is 13.2. The fourth-order valence-electron chi connectivity index (χ4n) is 4.15. The molecule has 0 amide bonds. The molecule has 0 unspecified atom stereocenters. The van der Waals surface area contributed by atoms with E-state index < -0.39 is 31.7 Å². The fourth-order valence-corrected chi connectivity index (χ4v) is 5.11. The SMILES string of the molecule is CCCCCCCCCCCCCCCCCCN(CCCS(=O)(=O)[O-])CCCS(=O)(=O)[O-].[Na+].[Na+]. The Balaban J connectivity index is -0.00000512. The van der Waals surface area contributed by atoms with Crippen LogP contribution in [0, 0.1) is 0 Å². The zero-order chi connectivity index (χ0) is 24.8. The van der Waals surface area contributed by atoms with Crippen molar-refractivity contribution in [2.75, 3.05) is 31.1 Å². The van der Waals surface area contributed by atoms with Crippen LogP contribution in [0.5, 0.6) is 0 Å². The van der Waals surface area contributed by atoms with Crippen LogP contribution in [0.2, 0.25) is 0 Å². The molecule has 0 aromatic heterocycles. The van der Waals surface area contributed by atoms with E-state index >= 15 is 0 Å². The van der Waals surface area contributed by atoms with Crippen LogP contribution in [0.1, 0.15) is 122 Å². The number of unbranched alkanes of at least 4 members (excludes halogenated alkanes) is 15. The second-order valence-corrected chi connectivity index (χ2v) is 12.4. The number of rotatable bonds is 25. The Morgan fingerprint density at radius 3 is 1.00 bits per heavy atom. The molecule has 200 valence electrons. The minimum absolute atomic E-state index is 0. The molecule has 0 radical (unpaired) electrons. The molecule has 0 spiro atoms. The first-order chi connectivity index (χ1) is 15.6. The Kier molecular flexibility index (Phi) is 32.2. The van der Waals surface area contributed by atoms with Crippen molar-refractivity contribution in [2.24, 2.45) is 0 Å². The first kappa shape index (κ1) is 41.3. The smallest absolute Gasteiger partial charge is 0.748 e. The minimum atomic E-state index is -4.24. The van der Waals surface area contributed by atoms with E-state index in [1.807, 2.05) is 4.90 Å². The van der Waals surface area contributed by atoms with Gasteiger partial charge in [0, 0.05) is 11.5 Å². The van der Waals surface area contributed by atoms with Gasteiger partial charge in [0.15, 0.2) is 0 Å². The van der Waals surface area contributed by atoms with Gasteiger partial charge in [0.05, 0.1) is 20.2 Å². The molecule has 11 heteroatoms. The van der Waals surface area contributed by atoms with E-state index in [1.54, 1.807) is 0 Å². The Hall–Kier alpha value is 1.78. The van der Waals surface area contributed by atoms with Gasteiger partial charge in [-0.25, -0.2) is 16.8 Å². The van der Waals surface area contributed by atoms with Gasteiger partial charge in [0.2, 0.25) is 0 Å². The number of nitrogens with zero attached hydrogens (tertiary/aromatic N) is 1. The molecule has 0 rings (SSSR count). The monoisotopic (exact) mass is 557 g/mol. The molecule has 0 aromatic rings. The number of hydrogen-bond donors (Lipinski definition) is 0. The normalized spacial score (nSPS) is 11.9. The van der Waals surface area contributed by atoms with Crippen molar-refractivity contribution in [1.29, 1.82) is 0 Å². The maximum Gasteiger partial charge on any atom is 1.00 e.